The number of methoxy groups -OCH3 is 1. The largest absolute Gasteiger partial charge is 0.469 e. The molecule has 5 nitrogen and oxygen atoms in total. The highest BCUT2D eigenvalue weighted by molar-refractivity contribution is 5.76. The lowest BCUT2D eigenvalue weighted by atomic mass is 9.77. The van der Waals surface area contributed by atoms with Gasteiger partial charge in [0.25, 0.3) is 0 Å². The van der Waals surface area contributed by atoms with Crippen molar-refractivity contribution in [3.05, 3.63) is 23.8 Å². The predicted molar refractivity (Wildman–Crippen MR) is 78.9 cm³/mol. The summed E-state index contributed by atoms with van der Waals surface area (Å²) >= 11 is 0. The molecule has 1 amide bonds. The fourth-order valence-corrected chi connectivity index (χ4v) is 2.77. The van der Waals surface area contributed by atoms with E-state index in [4.69, 9.17) is 9.47 Å². The molecule has 22 heavy (non-hydrogen) atoms. The van der Waals surface area contributed by atoms with Gasteiger partial charge in [-0.2, -0.15) is 0 Å². The lowest BCUT2D eigenvalue weighted by Gasteiger charge is -2.40. The van der Waals surface area contributed by atoms with Crippen molar-refractivity contribution < 1.29 is 23.5 Å². The van der Waals surface area contributed by atoms with Crippen LogP contribution in [0.25, 0.3) is 0 Å². The molecule has 2 aliphatic rings. The summed E-state index contributed by atoms with van der Waals surface area (Å²) in [5.41, 5.74) is -0.106. The maximum atomic E-state index is 14.4. The Morgan fingerprint density at radius 1 is 1.32 bits per heavy atom. The number of alkyl halides is 1. The molecule has 1 aliphatic carbocycles. The summed E-state index contributed by atoms with van der Waals surface area (Å²) in [4.78, 5) is 25.4. The molecule has 1 aliphatic heterocycles. The molecule has 0 bridgehead atoms. The van der Waals surface area contributed by atoms with E-state index in [1.165, 1.54) is 12.0 Å². The SMILES string of the molecule is COC(=O)[C@@H]1C=CC=C2[C@H](F)CN(C(=O)OC(C)(C)C)C[C@H]21. The first kappa shape index (κ1) is 16.5. The van der Waals surface area contributed by atoms with Crippen LogP contribution in [0, 0.1) is 11.8 Å². The van der Waals surface area contributed by atoms with E-state index < -0.39 is 35.7 Å². The Morgan fingerprint density at radius 3 is 2.59 bits per heavy atom. The first-order valence-electron chi connectivity index (χ1n) is 7.31. The van der Waals surface area contributed by atoms with Crippen LogP contribution in [0.5, 0.6) is 0 Å². The van der Waals surface area contributed by atoms with Crippen LogP contribution >= 0.6 is 0 Å². The highest BCUT2D eigenvalue weighted by Gasteiger charge is 2.42. The molecule has 0 aromatic rings. The zero-order valence-corrected chi connectivity index (χ0v) is 13.3. The highest BCUT2D eigenvalue weighted by atomic mass is 19.1. The third kappa shape index (κ3) is 3.48. The van der Waals surface area contributed by atoms with E-state index in [1.54, 1.807) is 39.0 Å². The van der Waals surface area contributed by atoms with Crippen molar-refractivity contribution >= 4 is 12.1 Å². The molecule has 3 atom stereocenters. The lowest BCUT2D eigenvalue weighted by molar-refractivity contribution is -0.145. The number of hydrogen-bond acceptors (Lipinski definition) is 4. The fourth-order valence-electron chi connectivity index (χ4n) is 2.77. The van der Waals surface area contributed by atoms with E-state index in [2.05, 4.69) is 0 Å². The van der Waals surface area contributed by atoms with Gasteiger partial charge in [-0.15, -0.1) is 0 Å². The van der Waals surface area contributed by atoms with Crippen LogP contribution in [-0.2, 0) is 14.3 Å². The van der Waals surface area contributed by atoms with Crippen LogP contribution in [-0.4, -0.2) is 48.9 Å². The van der Waals surface area contributed by atoms with Gasteiger partial charge in [-0.05, 0) is 26.3 Å². The van der Waals surface area contributed by atoms with Crippen LogP contribution < -0.4 is 0 Å². The summed E-state index contributed by atoms with van der Waals surface area (Å²) in [5, 5.41) is 0. The Balaban J connectivity index is 2.17. The minimum Gasteiger partial charge on any atom is -0.469 e. The first-order chi connectivity index (χ1) is 10.2. The zero-order chi connectivity index (χ0) is 16.5. The van der Waals surface area contributed by atoms with Gasteiger partial charge in [-0.1, -0.05) is 18.2 Å². The standard InChI is InChI=1S/C16H22FNO4/c1-16(2,3)22-15(20)18-8-12-10(13(17)9-18)6-5-7-11(12)14(19)21-4/h5-7,11-13H,8-9H2,1-4H3/t11-,12-,13-/m1/s1. The Kier molecular flexibility index (Phi) is 4.58. The summed E-state index contributed by atoms with van der Waals surface area (Å²) in [7, 11) is 1.30. The number of fused-ring (bicyclic) bond motifs is 1. The summed E-state index contributed by atoms with van der Waals surface area (Å²) in [6.07, 6.45) is 3.17. The van der Waals surface area contributed by atoms with Crippen LogP contribution in [0.15, 0.2) is 23.8 Å². The minimum atomic E-state index is -1.30. The van der Waals surface area contributed by atoms with Gasteiger partial charge in [0.05, 0.1) is 19.6 Å². The molecule has 0 N–H and O–H groups in total. The smallest absolute Gasteiger partial charge is 0.410 e. The molecule has 2 rings (SSSR count). The van der Waals surface area contributed by atoms with Gasteiger partial charge in [0.1, 0.15) is 11.8 Å². The van der Waals surface area contributed by atoms with Crippen molar-refractivity contribution in [2.45, 2.75) is 32.5 Å². The van der Waals surface area contributed by atoms with E-state index in [-0.39, 0.29) is 13.1 Å². The number of rotatable bonds is 1. The van der Waals surface area contributed by atoms with Crippen LogP contribution in [0.3, 0.4) is 0 Å². The number of nitrogens with zero attached hydrogens (tertiary/aromatic N) is 1. The Morgan fingerprint density at radius 2 is 2.00 bits per heavy atom. The Hall–Kier alpha value is -1.85. The van der Waals surface area contributed by atoms with Crippen molar-refractivity contribution in [3.8, 4) is 0 Å². The molecule has 0 saturated carbocycles. The van der Waals surface area contributed by atoms with E-state index in [1.807, 2.05) is 0 Å². The van der Waals surface area contributed by atoms with Crippen molar-refractivity contribution in [2.75, 3.05) is 20.2 Å². The normalized spacial score (nSPS) is 27.8. The molecule has 0 spiro atoms. The summed E-state index contributed by atoms with van der Waals surface area (Å²) in [6, 6.07) is 0. The number of hydrogen-bond donors (Lipinski definition) is 0. The molecule has 122 valence electrons. The van der Waals surface area contributed by atoms with Crippen LogP contribution in [0.2, 0.25) is 0 Å². The van der Waals surface area contributed by atoms with E-state index >= 15 is 0 Å². The number of amides is 1. The number of halogens is 1. The number of allylic oxidation sites excluding steroid dienone is 2. The molecule has 0 unspecified atom stereocenters. The van der Waals surface area contributed by atoms with Gasteiger partial charge >= 0.3 is 12.1 Å². The van der Waals surface area contributed by atoms with E-state index in [0.29, 0.717) is 5.57 Å². The molecule has 0 aromatic heterocycles. The van der Waals surface area contributed by atoms with Crippen molar-refractivity contribution in [1.82, 2.24) is 4.90 Å². The van der Waals surface area contributed by atoms with Crippen LogP contribution in [0.1, 0.15) is 20.8 Å². The van der Waals surface area contributed by atoms with E-state index in [0.717, 1.165) is 0 Å². The van der Waals surface area contributed by atoms with Crippen LogP contribution in [0.4, 0.5) is 9.18 Å². The van der Waals surface area contributed by atoms with E-state index in [9.17, 15) is 14.0 Å². The second-order valence-electron chi connectivity index (χ2n) is 6.56. The molecule has 1 fully saturated rings. The number of carbonyl (C=O) groups excluding carboxylic acids is 2. The number of ether oxygens (including phenoxy) is 2. The van der Waals surface area contributed by atoms with Crippen molar-refractivity contribution in [3.63, 3.8) is 0 Å². The molecule has 1 saturated heterocycles. The number of esters is 1. The third-order valence-corrected chi connectivity index (χ3v) is 3.75. The van der Waals surface area contributed by atoms with Gasteiger partial charge in [-0.25, -0.2) is 9.18 Å². The van der Waals surface area contributed by atoms with Gasteiger partial charge in [0.15, 0.2) is 0 Å². The second kappa shape index (κ2) is 6.10. The number of carbonyl (C=O) groups is 2. The number of likely N-dealkylation sites (tertiary alicyclic amines) is 1. The second-order valence-corrected chi connectivity index (χ2v) is 6.56. The fraction of sp³-hybridized carbons (Fsp3) is 0.625. The summed E-state index contributed by atoms with van der Waals surface area (Å²) in [6.45, 7) is 5.46. The molecule has 0 aromatic carbocycles. The lowest BCUT2D eigenvalue weighted by Crippen LogP contribution is -2.51. The quantitative estimate of drug-likeness (QED) is 0.698. The Labute approximate surface area is 129 Å². The molecule has 6 heteroatoms. The topological polar surface area (TPSA) is 55.8 Å². The minimum absolute atomic E-state index is 0.0566. The first-order valence-corrected chi connectivity index (χ1v) is 7.31. The predicted octanol–water partition coefficient (Wildman–Crippen LogP) is 2.48. The zero-order valence-electron chi connectivity index (χ0n) is 13.3. The molecular formula is C16H22FNO4. The monoisotopic (exact) mass is 311 g/mol. The highest BCUT2D eigenvalue weighted by Crippen LogP contribution is 2.35. The molecular weight excluding hydrogens is 289 g/mol. The third-order valence-electron chi connectivity index (χ3n) is 3.75. The average molecular weight is 311 g/mol. The maximum absolute atomic E-state index is 14.4. The summed E-state index contributed by atoms with van der Waals surface area (Å²) < 4.78 is 24.5. The van der Waals surface area contributed by atoms with Gasteiger partial charge < -0.3 is 14.4 Å². The average Bonchev–Trinajstić information content (AvgIpc) is 2.44. The molecule has 1 heterocycles. The van der Waals surface area contributed by atoms with Crippen molar-refractivity contribution in [1.29, 1.82) is 0 Å². The maximum Gasteiger partial charge on any atom is 0.410 e. The van der Waals surface area contributed by atoms with Crippen molar-refractivity contribution in [2.24, 2.45) is 11.8 Å². The van der Waals surface area contributed by atoms with Gasteiger partial charge in [0.2, 0.25) is 0 Å². The summed E-state index contributed by atoms with van der Waals surface area (Å²) in [5.74, 6) is -1.41. The molecule has 0 radical (unpaired) electrons. The number of piperidine rings is 1. The van der Waals surface area contributed by atoms with Gasteiger partial charge in [0, 0.05) is 12.5 Å². The van der Waals surface area contributed by atoms with Gasteiger partial charge in [-0.3, -0.25) is 4.79 Å². The Bertz CT molecular complexity index is 521.